The van der Waals surface area contributed by atoms with E-state index in [0.29, 0.717) is 6.04 Å². The zero-order chi connectivity index (χ0) is 19.6. The summed E-state index contributed by atoms with van der Waals surface area (Å²) in [7, 11) is 0. The average Bonchev–Trinajstić information content (AvgIpc) is 2.73. The summed E-state index contributed by atoms with van der Waals surface area (Å²) in [6.07, 6.45) is 3.01. The van der Waals surface area contributed by atoms with Gasteiger partial charge in [0, 0.05) is 6.04 Å². The second-order valence-electron chi connectivity index (χ2n) is 7.48. The van der Waals surface area contributed by atoms with Gasteiger partial charge >= 0.3 is 0 Å². The zero-order valence-corrected chi connectivity index (χ0v) is 18.3. The predicted octanol–water partition coefficient (Wildman–Crippen LogP) is 6.33. The van der Waals surface area contributed by atoms with E-state index in [-0.39, 0.29) is 12.4 Å². The number of halogens is 1. The van der Waals surface area contributed by atoms with E-state index in [1.165, 1.54) is 22.3 Å². The normalized spacial score (nSPS) is 10.6. The Bertz CT molecular complexity index is 834. The van der Waals surface area contributed by atoms with Crippen LogP contribution in [0.1, 0.15) is 31.4 Å². The Balaban J connectivity index is 0.00000300. The summed E-state index contributed by atoms with van der Waals surface area (Å²) < 4.78 is 6.16. The standard InChI is InChI=1S/C26H31NO.ClH/c1-21(2)27-18-9-19-28-26-17-16-24(23-12-7-4-8-13-23)20-25(26)15-14-22-10-5-3-6-11-22;/h3-8,10-13,16-17,20-21,27H,9,14-15,18-19H2,1-2H3;1H. The van der Waals surface area contributed by atoms with Crippen LogP contribution in [0.3, 0.4) is 0 Å². The van der Waals surface area contributed by atoms with Crippen molar-refractivity contribution in [2.24, 2.45) is 0 Å². The molecule has 0 fully saturated rings. The minimum atomic E-state index is 0. The van der Waals surface area contributed by atoms with E-state index < -0.39 is 0 Å². The molecular formula is C26H32ClNO. The quantitative estimate of drug-likeness (QED) is 0.395. The highest BCUT2D eigenvalue weighted by molar-refractivity contribution is 5.85. The summed E-state index contributed by atoms with van der Waals surface area (Å²) in [5, 5.41) is 3.44. The highest BCUT2D eigenvalue weighted by Gasteiger charge is 2.08. The van der Waals surface area contributed by atoms with Crippen molar-refractivity contribution in [3.05, 3.63) is 90.0 Å². The molecule has 154 valence electrons. The lowest BCUT2D eigenvalue weighted by Crippen LogP contribution is -2.24. The van der Waals surface area contributed by atoms with Gasteiger partial charge in [-0.15, -0.1) is 12.4 Å². The lowest BCUT2D eigenvalue weighted by Gasteiger charge is -2.14. The Morgan fingerprint density at radius 1 is 0.793 bits per heavy atom. The number of hydrogen-bond donors (Lipinski definition) is 1. The number of benzene rings is 3. The molecule has 0 aromatic heterocycles. The summed E-state index contributed by atoms with van der Waals surface area (Å²) in [5.41, 5.74) is 5.13. The minimum absolute atomic E-state index is 0. The third kappa shape index (κ3) is 7.56. The fraction of sp³-hybridized carbons (Fsp3) is 0.308. The van der Waals surface area contributed by atoms with E-state index in [2.05, 4.69) is 98.0 Å². The van der Waals surface area contributed by atoms with Crippen LogP contribution in [0.5, 0.6) is 5.75 Å². The van der Waals surface area contributed by atoms with Crippen LogP contribution in [0.2, 0.25) is 0 Å². The van der Waals surface area contributed by atoms with E-state index in [1.54, 1.807) is 0 Å². The first-order valence-electron chi connectivity index (χ1n) is 10.3. The number of ether oxygens (including phenoxy) is 1. The van der Waals surface area contributed by atoms with Gasteiger partial charge in [-0.25, -0.2) is 0 Å². The van der Waals surface area contributed by atoms with Gasteiger partial charge in [0.05, 0.1) is 6.61 Å². The molecule has 29 heavy (non-hydrogen) atoms. The summed E-state index contributed by atoms with van der Waals surface area (Å²) in [4.78, 5) is 0. The molecule has 3 heteroatoms. The van der Waals surface area contributed by atoms with Gasteiger partial charge in [-0.05, 0) is 60.2 Å². The first-order valence-corrected chi connectivity index (χ1v) is 10.3. The van der Waals surface area contributed by atoms with Gasteiger partial charge in [-0.2, -0.15) is 0 Å². The van der Waals surface area contributed by atoms with Gasteiger partial charge in [0.15, 0.2) is 0 Å². The highest BCUT2D eigenvalue weighted by atomic mass is 35.5. The summed E-state index contributed by atoms with van der Waals surface area (Å²) in [5.74, 6) is 1.01. The van der Waals surface area contributed by atoms with Gasteiger partial charge < -0.3 is 10.1 Å². The molecule has 0 unspecified atom stereocenters. The molecule has 2 nitrogen and oxygen atoms in total. The van der Waals surface area contributed by atoms with E-state index in [1.807, 2.05) is 0 Å². The summed E-state index contributed by atoms with van der Waals surface area (Å²) >= 11 is 0. The molecule has 0 bridgehead atoms. The molecule has 3 rings (SSSR count). The van der Waals surface area contributed by atoms with Crippen molar-refractivity contribution in [2.45, 2.75) is 39.2 Å². The lowest BCUT2D eigenvalue weighted by atomic mass is 9.98. The highest BCUT2D eigenvalue weighted by Crippen LogP contribution is 2.28. The molecule has 0 aliphatic carbocycles. The van der Waals surface area contributed by atoms with Crippen LogP contribution in [-0.4, -0.2) is 19.2 Å². The predicted molar refractivity (Wildman–Crippen MR) is 126 cm³/mol. The SMILES string of the molecule is CC(C)NCCCOc1ccc(-c2ccccc2)cc1CCc1ccccc1.Cl. The number of hydrogen-bond acceptors (Lipinski definition) is 2. The number of rotatable bonds is 10. The maximum Gasteiger partial charge on any atom is 0.122 e. The van der Waals surface area contributed by atoms with Crippen molar-refractivity contribution in [1.82, 2.24) is 5.32 Å². The molecule has 0 amide bonds. The average molecular weight is 410 g/mol. The molecule has 0 spiro atoms. The van der Waals surface area contributed by atoms with E-state index in [9.17, 15) is 0 Å². The topological polar surface area (TPSA) is 21.3 Å². The third-order valence-corrected chi connectivity index (χ3v) is 4.82. The largest absolute Gasteiger partial charge is 0.493 e. The van der Waals surface area contributed by atoms with Crippen molar-refractivity contribution in [1.29, 1.82) is 0 Å². The van der Waals surface area contributed by atoms with Crippen molar-refractivity contribution in [3.63, 3.8) is 0 Å². The second kappa shape index (κ2) is 12.3. The lowest BCUT2D eigenvalue weighted by molar-refractivity contribution is 0.303. The van der Waals surface area contributed by atoms with Crippen molar-refractivity contribution in [3.8, 4) is 16.9 Å². The fourth-order valence-corrected chi connectivity index (χ4v) is 3.29. The molecule has 0 heterocycles. The maximum absolute atomic E-state index is 6.16. The van der Waals surface area contributed by atoms with Crippen LogP contribution in [0, 0.1) is 0 Å². The van der Waals surface area contributed by atoms with Gasteiger partial charge in [0.25, 0.3) is 0 Å². The molecule has 0 saturated heterocycles. The Morgan fingerprint density at radius 3 is 2.17 bits per heavy atom. The van der Waals surface area contributed by atoms with Crippen molar-refractivity contribution < 1.29 is 4.74 Å². The first-order chi connectivity index (χ1) is 13.7. The third-order valence-electron chi connectivity index (χ3n) is 4.82. The van der Waals surface area contributed by atoms with E-state index >= 15 is 0 Å². The van der Waals surface area contributed by atoms with Gasteiger partial charge in [0.1, 0.15) is 5.75 Å². The fourth-order valence-electron chi connectivity index (χ4n) is 3.29. The molecule has 0 aliphatic heterocycles. The monoisotopic (exact) mass is 409 g/mol. The zero-order valence-electron chi connectivity index (χ0n) is 17.4. The molecule has 0 atom stereocenters. The molecule has 3 aromatic rings. The van der Waals surface area contributed by atoms with Crippen molar-refractivity contribution in [2.75, 3.05) is 13.2 Å². The minimum Gasteiger partial charge on any atom is -0.493 e. The molecule has 0 aliphatic rings. The van der Waals surface area contributed by atoms with Gasteiger partial charge in [-0.3, -0.25) is 0 Å². The summed E-state index contributed by atoms with van der Waals surface area (Å²) in [6.45, 7) is 6.07. The Morgan fingerprint density at radius 2 is 1.48 bits per heavy atom. The van der Waals surface area contributed by atoms with E-state index in [4.69, 9.17) is 4.74 Å². The molecule has 0 radical (unpaired) electrons. The van der Waals surface area contributed by atoms with Crippen molar-refractivity contribution >= 4 is 12.4 Å². The van der Waals surface area contributed by atoms with Gasteiger partial charge in [-0.1, -0.05) is 80.6 Å². The van der Waals surface area contributed by atoms with E-state index in [0.717, 1.165) is 38.2 Å². The Hall–Kier alpha value is -2.29. The van der Waals surface area contributed by atoms with Crippen LogP contribution in [-0.2, 0) is 12.8 Å². The van der Waals surface area contributed by atoms with Crippen LogP contribution >= 0.6 is 12.4 Å². The van der Waals surface area contributed by atoms with Gasteiger partial charge in [0.2, 0.25) is 0 Å². The molecule has 1 N–H and O–H groups in total. The second-order valence-corrected chi connectivity index (χ2v) is 7.48. The smallest absolute Gasteiger partial charge is 0.122 e. The maximum atomic E-state index is 6.16. The Kier molecular flexibility index (Phi) is 9.76. The first kappa shape index (κ1) is 23.0. The van der Waals surface area contributed by atoms with Crippen LogP contribution in [0.25, 0.3) is 11.1 Å². The van der Waals surface area contributed by atoms with Crippen LogP contribution in [0.4, 0.5) is 0 Å². The van der Waals surface area contributed by atoms with Crippen LogP contribution < -0.4 is 10.1 Å². The molecule has 3 aromatic carbocycles. The molecular weight excluding hydrogens is 378 g/mol. The van der Waals surface area contributed by atoms with Crippen LogP contribution in [0.15, 0.2) is 78.9 Å². The molecule has 0 saturated carbocycles. The number of aryl methyl sites for hydroxylation is 2. The number of nitrogens with one attached hydrogen (secondary N) is 1. The Labute approximate surface area is 181 Å². The summed E-state index contributed by atoms with van der Waals surface area (Å²) in [6, 6.07) is 28.3.